The lowest BCUT2D eigenvalue weighted by molar-refractivity contribution is 0.0942. The number of nitrogens with zero attached hydrogens (tertiary/aromatic N) is 1. The van der Waals surface area contributed by atoms with Crippen LogP contribution in [0.1, 0.15) is 32.1 Å². The van der Waals surface area contributed by atoms with Gasteiger partial charge in [0.15, 0.2) is 0 Å². The molecule has 0 saturated heterocycles. The Morgan fingerprint density at radius 1 is 0.724 bits per heavy atom. The topological polar surface area (TPSA) is 71.1 Å². The van der Waals surface area contributed by atoms with Crippen molar-refractivity contribution in [1.29, 1.82) is 0 Å². The maximum absolute atomic E-state index is 13.6. The van der Waals surface area contributed by atoms with Crippen LogP contribution in [0.4, 0.5) is 8.78 Å². The minimum Gasteiger partial charge on any atom is -0.350 e. The molecule has 3 rings (SSSR count). The quantitative estimate of drug-likeness (QED) is 0.645. The van der Waals surface area contributed by atoms with Crippen molar-refractivity contribution in [3.8, 4) is 0 Å². The number of hydrogen-bond acceptors (Lipinski definition) is 3. The summed E-state index contributed by atoms with van der Waals surface area (Å²) in [7, 11) is 0. The van der Waals surface area contributed by atoms with Crippen LogP contribution in [0.2, 0.25) is 0 Å². The van der Waals surface area contributed by atoms with Crippen molar-refractivity contribution in [2.24, 2.45) is 0 Å². The van der Waals surface area contributed by atoms with Gasteiger partial charge in [-0.25, -0.2) is 13.8 Å². The summed E-state index contributed by atoms with van der Waals surface area (Å²) < 4.78 is 27.2. The number of rotatable bonds is 7. The van der Waals surface area contributed by atoms with Crippen molar-refractivity contribution >= 4 is 11.8 Å². The number of amides is 2. The largest absolute Gasteiger partial charge is 0.350 e. The Balaban J connectivity index is 1.56. The van der Waals surface area contributed by atoms with E-state index in [4.69, 9.17) is 0 Å². The Kier molecular flexibility index (Phi) is 6.63. The van der Waals surface area contributed by atoms with Gasteiger partial charge in [0.1, 0.15) is 23.0 Å². The van der Waals surface area contributed by atoms with Gasteiger partial charge in [-0.3, -0.25) is 9.59 Å². The lowest BCUT2D eigenvalue weighted by atomic mass is 10.1. The van der Waals surface area contributed by atoms with Gasteiger partial charge < -0.3 is 10.6 Å². The zero-order valence-corrected chi connectivity index (χ0v) is 15.5. The van der Waals surface area contributed by atoms with E-state index >= 15 is 0 Å². The molecule has 3 aromatic rings. The molecule has 2 amide bonds. The summed E-state index contributed by atoms with van der Waals surface area (Å²) in [6, 6.07) is 17.0. The molecule has 2 aromatic carbocycles. The van der Waals surface area contributed by atoms with Gasteiger partial charge >= 0.3 is 0 Å². The highest BCUT2D eigenvalue weighted by Crippen LogP contribution is 2.08. The predicted octanol–water partition coefficient (Wildman–Crippen LogP) is 3.26. The van der Waals surface area contributed by atoms with Crippen molar-refractivity contribution in [3.05, 3.63) is 101 Å². The number of nitrogens with one attached hydrogen (secondary N) is 2. The van der Waals surface area contributed by atoms with Crippen molar-refractivity contribution in [2.45, 2.75) is 13.0 Å². The molecule has 0 saturated carbocycles. The van der Waals surface area contributed by atoms with E-state index in [1.165, 1.54) is 30.3 Å². The van der Waals surface area contributed by atoms with Gasteiger partial charge in [-0.2, -0.15) is 0 Å². The van der Waals surface area contributed by atoms with Gasteiger partial charge in [0.25, 0.3) is 11.8 Å². The smallest absolute Gasteiger partial charge is 0.270 e. The maximum atomic E-state index is 13.6. The Morgan fingerprint density at radius 3 is 1.90 bits per heavy atom. The van der Waals surface area contributed by atoms with Crippen LogP contribution in [0.3, 0.4) is 0 Å². The SMILES string of the molecule is O=C(NCCc1ccccc1F)c1cccc(C(=O)NCc2ccccc2F)n1. The minimum absolute atomic E-state index is 0.00620. The van der Waals surface area contributed by atoms with E-state index in [0.29, 0.717) is 17.5 Å². The average molecular weight is 395 g/mol. The van der Waals surface area contributed by atoms with E-state index in [0.717, 1.165) is 0 Å². The molecule has 0 unspecified atom stereocenters. The molecule has 0 fully saturated rings. The van der Waals surface area contributed by atoms with Crippen molar-refractivity contribution < 1.29 is 18.4 Å². The maximum Gasteiger partial charge on any atom is 0.270 e. The molecule has 1 aromatic heterocycles. The number of hydrogen-bond donors (Lipinski definition) is 2. The van der Waals surface area contributed by atoms with Gasteiger partial charge in [0, 0.05) is 18.7 Å². The molecule has 1 heterocycles. The van der Waals surface area contributed by atoms with Crippen LogP contribution in [0, 0.1) is 11.6 Å². The third kappa shape index (κ3) is 5.44. The zero-order chi connectivity index (χ0) is 20.6. The molecule has 0 aliphatic rings. The normalized spacial score (nSPS) is 10.4. The molecular formula is C22H19F2N3O2. The van der Waals surface area contributed by atoms with Crippen LogP contribution in [0.5, 0.6) is 0 Å². The summed E-state index contributed by atoms with van der Waals surface area (Å²) in [5.41, 5.74) is 0.963. The van der Waals surface area contributed by atoms with Gasteiger partial charge in [0.05, 0.1) is 0 Å². The van der Waals surface area contributed by atoms with Crippen LogP contribution in [0.25, 0.3) is 0 Å². The highest BCUT2D eigenvalue weighted by Gasteiger charge is 2.13. The molecular weight excluding hydrogens is 376 g/mol. The fourth-order valence-corrected chi connectivity index (χ4v) is 2.70. The van der Waals surface area contributed by atoms with Gasteiger partial charge in [-0.15, -0.1) is 0 Å². The first kappa shape index (κ1) is 20.1. The number of carbonyl (C=O) groups is 2. The fourth-order valence-electron chi connectivity index (χ4n) is 2.70. The number of benzene rings is 2. The number of halogens is 2. The number of aromatic nitrogens is 1. The first-order valence-corrected chi connectivity index (χ1v) is 9.05. The second kappa shape index (κ2) is 9.54. The lowest BCUT2D eigenvalue weighted by Gasteiger charge is -2.08. The van der Waals surface area contributed by atoms with Crippen molar-refractivity contribution in [1.82, 2.24) is 15.6 Å². The molecule has 5 nitrogen and oxygen atoms in total. The summed E-state index contributed by atoms with van der Waals surface area (Å²) in [4.78, 5) is 28.6. The van der Waals surface area contributed by atoms with Gasteiger partial charge in [-0.1, -0.05) is 42.5 Å². The minimum atomic E-state index is -0.519. The predicted molar refractivity (Wildman–Crippen MR) is 104 cm³/mol. The molecule has 29 heavy (non-hydrogen) atoms. The first-order valence-electron chi connectivity index (χ1n) is 9.05. The molecule has 0 spiro atoms. The summed E-state index contributed by atoms with van der Waals surface area (Å²) in [5.74, 6) is -1.73. The monoisotopic (exact) mass is 395 g/mol. The standard InChI is InChI=1S/C22H19F2N3O2/c23-17-8-3-1-6-15(17)12-13-25-21(28)19-10-5-11-20(27-19)22(29)26-14-16-7-2-4-9-18(16)24/h1-11H,12-14H2,(H,25,28)(H,26,29). The Hall–Kier alpha value is -3.61. The second-order valence-electron chi connectivity index (χ2n) is 6.28. The Bertz CT molecular complexity index is 1020. The fraction of sp³-hybridized carbons (Fsp3) is 0.136. The molecule has 0 bridgehead atoms. The van der Waals surface area contributed by atoms with E-state index < -0.39 is 17.6 Å². The first-order chi connectivity index (χ1) is 14.0. The Morgan fingerprint density at radius 2 is 1.28 bits per heavy atom. The van der Waals surface area contributed by atoms with E-state index in [1.54, 1.807) is 36.4 Å². The van der Waals surface area contributed by atoms with Crippen LogP contribution in [0.15, 0.2) is 66.7 Å². The average Bonchev–Trinajstić information content (AvgIpc) is 2.74. The highest BCUT2D eigenvalue weighted by molar-refractivity contribution is 5.96. The van der Waals surface area contributed by atoms with E-state index in [2.05, 4.69) is 15.6 Å². The molecule has 0 aliphatic carbocycles. The molecule has 148 valence electrons. The molecule has 0 aliphatic heterocycles. The molecule has 7 heteroatoms. The van der Waals surface area contributed by atoms with Crippen LogP contribution in [-0.4, -0.2) is 23.3 Å². The summed E-state index contributed by atoms with van der Waals surface area (Å²) in [6.45, 7) is 0.234. The molecule has 0 radical (unpaired) electrons. The van der Waals surface area contributed by atoms with E-state index in [-0.39, 0.29) is 30.3 Å². The second-order valence-corrected chi connectivity index (χ2v) is 6.28. The van der Waals surface area contributed by atoms with E-state index in [1.807, 2.05) is 0 Å². The highest BCUT2D eigenvalue weighted by atomic mass is 19.1. The third-order valence-corrected chi connectivity index (χ3v) is 4.25. The van der Waals surface area contributed by atoms with Crippen LogP contribution >= 0.6 is 0 Å². The Labute approximate surface area is 166 Å². The summed E-state index contributed by atoms with van der Waals surface area (Å²) >= 11 is 0. The van der Waals surface area contributed by atoms with Crippen molar-refractivity contribution in [3.63, 3.8) is 0 Å². The van der Waals surface area contributed by atoms with Gasteiger partial charge in [-0.05, 0) is 36.2 Å². The summed E-state index contributed by atoms with van der Waals surface area (Å²) in [6.07, 6.45) is 0.335. The number of carbonyl (C=O) groups excluding carboxylic acids is 2. The summed E-state index contributed by atoms with van der Waals surface area (Å²) in [5, 5.41) is 5.24. The van der Waals surface area contributed by atoms with Gasteiger partial charge in [0.2, 0.25) is 0 Å². The molecule has 0 atom stereocenters. The molecule has 2 N–H and O–H groups in total. The van der Waals surface area contributed by atoms with Crippen LogP contribution in [-0.2, 0) is 13.0 Å². The third-order valence-electron chi connectivity index (χ3n) is 4.25. The van der Waals surface area contributed by atoms with Crippen molar-refractivity contribution in [2.75, 3.05) is 6.54 Å². The van der Waals surface area contributed by atoms with E-state index in [9.17, 15) is 18.4 Å². The lowest BCUT2D eigenvalue weighted by Crippen LogP contribution is -2.28. The zero-order valence-electron chi connectivity index (χ0n) is 15.5. The number of pyridine rings is 1. The van der Waals surface area contributed by atoms with Crippen LogP contribution < -0.4 is 10.6 Å².